The molecule has 1 aromatic rings. The van der Waals surface area contributed by atoms with Crippen LogP contribution in [-0.4, -0.2) is 30.3 Å². The first kappa shape index (κ1) is 10.3. The zero-order chi connectivity index (χ0) is 10.7. The van der Waals surface area contributed by atoms with Gasteiger partial charge in [-0.15, -0.1) is 0 Å². The smallest absolute Gasteiger partial charge is 0.345 e. The summed E-state index contributed by atoms with van der Waals surface area (Å²) in [5.74, 6) is -0.803. The Kier molecular flexibility index (Phi) is 2.91. The van der Waals surface area contributed by atoms with E-state index in [0.717, 1.165) is 0 Å². The Morgan fingerprint density at radius 3 is 2.50 bits per heavy atom. The van der Waals surface area contributed by atoms with Crippen molar-refractivity contribution in [3.05, 3.63) is 17.3 Å². The fourth-order valence-corrected chi connectivity index (χ4v) is 1.12. The van der Waals surface area contributed by atoms with Crippen molar-refractivity contribution in [2.24, 2.45) is 0 Å². The van der Waals surface area contributed by atoms with E-state index in [4.69, 9.17) is 14.6 Å². The Morgan fingerprint density at radius 1 is 1.43 bits per heavy atom. The summed E-state index contributed by atoms with van der Waals surface area (Å²) in [4.78, 5) is 14.8. The number of pyridine rings is 1. The van der Waals surface area contributed by atoms with Gasteiger partial charge in [0.2, 0.25) is 5.88 Å². The highest BCUT2D eigenvalue weighted by Gasteiger charge is 2.19. The number of carboxylic acids is 1. The standard InChI is InChI=1S/C9H11NO4/c1-5-4-6(13-2)7(9(11)12)8(10-5)14-3/h4H,1-3H3,(H,11,12). The molecule has 0 amide bonds. The zero-order valence-corrected chi connectivity index (χ0v) is 8.20. The number of aromatic nitrogens is 1. The van der Waals surface area contributed by atoms with Crippen molar-refractivity contribution in [1.82, 2.24) is 4.98 Å². The molecule has 5 nitrogen and oxygen atoms in total. The number of hydrogen-bond donors (Lipinski definition) is 1. The minimum absolute atomic E-state index is 0.0550. The van der Waals surface area contributed by atoms with Crippen molar-refractivity contribution in [2.75, 3.05) is 14.2 Å². The van der Waals surface area contributed by atoms with Crippen LogP contribution in [0.15, 0.2) is 6.07 Å². The number of rotatable bonds is 3. The highest BCUT2D eigenvalue weighted by Crippen LogP contribution is 2.27. The van der Waals surface area contributed by atoms with Crippen molar-refractivity contribution in [3.8, 4) is 11.6 Å². The summed E-state index contributed by atoms with van der Waals surface area (Å²) < 4.78 is 9.79. The Morgan fingerprint density at radius 2 is 2.07 bits per heavy atom. The van der Waals surface area contributed by atoms with Gasteiger partial charge in [-0.3, -0.25) is 0 Å². The predicted molar refractivity (Wildman–Crippen MR) is 49.0 cm³/mol. The van der Waals surface area contributed by atoms with Gasteiger partial charge >= 0.3 is 5.97 Å². The second kappa shape index (κ2) is 3.95. The topological polar surface area (TPSA) is 68.7 Å². The molecular formula is C9H11NO4. The van der Waals surface area contributed by atoms with Crippen LogP contribution in [0.25, 0.3) is 0 Å². The van der Waals surface area contributed by atoms with Gasteiger partial charge in [-0.2, -0.15) is 0 Å². The van der Waals surface area contributed by atoms with Crippen LogP contribution >= 0.6 is 0 Å². The minimum atomic E-state index is -1.12. The monoisotopic (exact) mass is 197 g/mol. The molecule has 1 N–H and O–H groups in total. The number of aromatic carboxylic acids is 1. The third-order valence-electron chi connectivity index (χ3n) is 1.71. The summed E-state index contributed by atoms with van der Waals surface area (Å²) in [5.41, 5.74) is 0.587. The lowest BCUT2D eigenvalue weighted by Gasteiger charge is -2.09. The lowest BCUT2D eigenvalue weighted by atomic mass is 10.2. The van der Waals surface area contributed by atoms with E-state index in [1.165, 1.54) is 14.2 Å². The first-order valence-corrected chi connectivity index (χ1v) is 3.93. The maximum Gasteiger partial charge on any atom is 0.345 e. The summed E-state index contributed by atoms with van der Waals surface area (Å²) in [6.45, 7) is 1.73. The van der Waals surface area contributed by atoms with Gasteiger partial charge in [-0.25, -0.2) is 9.78 Å². The quantitative estimate of drug-likeness (QED) is 0.785. The summed E-state index contributed by atoms with van der Waals surface area (Å²) in [5, 5.41) is 8.90. The predicted octanol–water partition coefficient (Wildman–Crippen LogP) is 1.11. The van der Waals surface area contributed by atoms with E-state index in [1.54, 1.807) is 13.0 Å². The van der Waals surface area contributed by atoms with E-state index in [2.05, 4.69) is 4.98 Å². The number of carboxylic acid groups (broad SMARTS) is 1. The average molecular weight is 197 g/mol. The van der Waals surface area contributed by atoms with Crippen molar-refractivity contribution >= 4 is 5.97 Å². The Hall–Kier alpha value is -1.78. The fraction of sp³-hybridized carbons (Fsp3) is 0.333. The molecule has 0 radical (unpaired) electrons. The highest BCUT2D eigenvalue weighted by atomic mass is 16.5. The molecule has 0 saturated heterocycles. The molecule has 76 valence electrons. The number of ether oxygens (including phenoxy) is 2. The summed E-state index contributed by atoms with van der Waals surface area (Å²) in [6.07, 6.45) is 0. The van der Waals surface area contributed by atoms with Crippen LogP contribution in [0.2, 0.25) is 0 Å². The lowest BCUT2D eigenvalue weighted by molar-refractivity contribution is 0.0688. The molecule has 0 spiro atoms. The number of nitrogens with zero attached hydrogens (tertiary/aromatic N) is 1. The fourth-order valence-electron chi connectivity index (χ4n) is 1.12. The number of methoxy groups -OCH3 is 2. The van der Waals surface area contributed by atoms with Gasteiger partial charge in [-0.05, 0) is 6.92 Å². The molecule has 1 aromatic heterocycles. The third-order valence-corrected chi connectivity index (χ3v) is 1.71. The second-order valence-electron chi connectivity index (χ2n) is 2.66. The molecule has 0 aliphatic carbocycles. The molecule has 0 atom stereocenters. The molecular weight excluding hydrogens is 186 g/mol. The van der Waals surface area contributed by atoms with Crippen LogP contribution in [0.5, 0.6) is 11.6 Å². The van der Waals surface area contributed by atoms with E-state index < -0.39 is 5.97 Å². The summed E-state index contributed by atoms with van der Waals surface area (Å²) >= 11 is 0. The highest BCUT2D eigenvalue weighted by molar-refractivity contribution is 5.93. The van der Waals surface area contributed by atoms with Gasteiger partial charge in [0.15, 0.2) is 5.56 Å². The van der Waals surface area contributed by atoms with E-state index in [1.807, 2.05) is 0 Å². The summed E-state index contributed by atoms with van der Waals surface area (Å²) in [7, 11) is 2.77. The van der Waals surface area contributed by atoms with Crippen LogP contribution in [0.4, 0.5) is 0 Å². The molecule has 0 bridgehead atoms. The maximum atomic E-state index is 10.9. The zero-order valence-electron chi connectivity index (χ0n) is 8.20. The number of aryl methyl sites for hydroxylation is 1. The molecule has 0 aliphatic heterocycles. The number of hydrogen-bond acceptors (Lipinski definition) is 4. The molecule has 0 fully saturated rings. The van der Waals surface area contributed by atoms with E-state index in [-0.39, 0.29) is 17.2 Å². The largest absolute Gasteiger partial charge is 0.496 e. The van der Waals surface area contributed by atoms with Crippen LogP contribution in [-0.2, 0) is 0 Å². The van der Waals surface area contributed by atoms with Crippen molar-refractivity contribution in [3.63, 3.8) is 0 Å². The van der Waals surface area contributed by atoms with E-state index >= 15 is 0 Å². The molecule has 0 aromatic carbocycles. The maximum absolute atomic E-state index is 10.9. The molecule has 0 aliphatic rings. The first-order chi connectivity index (χ1) is 6.60. The third kappa shape index (κ3) is 1.76. The SMILES string of the molecule is COc1cc(C)nc(OC)c1C(=O)O. The average Bonchev–Trinajstić information content (AvgIpc) is 2.15. The van der Waals surface area contributed by atoms with Crippen molar-refractivity contribution < 1.29 is 19.4 Å². The van der Waals surface area contributed by atoms with Gasteiger partial charge in [0.1, 0.15) is 5.75 Å². The van der Waals surface area contributed by atoms with Gasteiger partial charge in [0, 0.05) is 11.8 Å². The first-order valence-electron chi connectivity index (χ1n) is 3.93. The normalized spacial score (nSPS) is 9.64. The minimum Gasteiger partial charge on any atom is -0.496 e. The molecule has 14 heavy (non-hydrogen) atoms. The lowest BCUT2D eigenvalue weighted by Crippen LogP contribution is -2.06. The molecule has 0 unspecified atom stereocenters. The van der Waals surface area contributed by atoms with Gasteiger partial charge in [0.05, 0.1) is 14.2 Å². The van der Waals surface area contributed by atoms with E-state index in [9.17, 15) is 4.79 Å². The Balaban J connectivity index is 3.40. The number of carbonyl (C=O) groups is 1. The van der Waals surface area contributed by atoms with Crippen molar-refractivity contribution in [2.45, 2.75) is 6.92 Å². The summed E-state index contributed by atoms with van der Waals surface area (Å²) in [6, 6.07) is 1.55. The van der Waals surface area contributed by atoms with Crippen LogP contribution in [0.3, 0.4) is 0 Å². The van der Waals surface area contributed by atoms with Gasteiger partial charge in [0.25, 0.3) is 0 Å². The van der Waals surface area contributed by atoms with Crippen LogP contribution in [0.1, 0.15) is 16.1 Å². The van der Waals surface area contributed by atoms with Crippen LogP contribution in [0, 0.1) is 6.92 Å². The van der Waals surface area contributed by atoms with Crippen molar-refractivity contribution in [1.29, 1.82) is 0 Å². The Bertz CT molecular complexity index is 337. The Labute approximate surface area is 81.3 Å². The molecule has 0 saturated carbocycles. The van der Waals surface area contributed by atoms with Gasteiger partial charge < -0.3 is 14.6 Å². The van der Waals surface area contributed by atoms with E-state index in [0.29, 0.717) is 5.69 Å². The second-order valence-corrected chi connectivity index (χ2v) is 2.66. The molecule has 5 heteroatoms. The molecule has 1 rings (SSSR count). The van der Waals surface area contributed by atoms with Gasteiger partial charge in [-0.1, -0.05) is 0 Å². The molecule has 1 heterocycles. The van der Waals surface area contributed by atoms with Crippen LogP contribution < -0.4 is 9.47 Å².